The molecule has 0 aliphatic carbocycles. The highest BCUT2D eigenvalue weighted by atomic mass is 16.3. The minimum atomic E-state index is -0.204. The molecule has 4 heteroatoms. The van der Waals surface area contributed by atoms with E-state index < -0.39 is 0 Å². The van der Waals surface area contributed by atoms with Gasteiger partial charge in [-0.05, 0) is 24.3 Å². The molecule has 0 saturated carbocycles. The van der Waals surface area contributed by atoms with Gasteiger partial charge in [-0.2, -0.15) is 5.26 Å². The topological polar surface area (TPSA) is 82.6 Å². The molecule has 0 fully saturated rings. The second-order valence-corrected chi connectivity index (χ2v) is 3.28. The summed E-state index contributed by atoms with van der Waals surface area (Å²) in [5.74, 6) is 0.0845. The predicted octanol–water partition coefficient (Wildman–Crippen LogP) is 2.35. The van der Waals surface area contributed by atoms with Gasteiger partial charge in [-0.25, -0.2) is 4.98 Å². The molecule has 1 aromatic heterocycles. The van der Waals surface area contributed by atoms with Crippen LogP contribution < -0.4 is 5.73 Å². The van der Waals surface area contributed by atoms with Gasteiger partial charge in [-0.15, -0.1) is 0 Å². The fourth-order valence-electron chi connectivity index (χ4n) is 1.40. The van der Waals surface area contributed by atoms with Crippen LogP contribution in [0.25, 0.3) is 11.3 Å². The molecule has 77 valence electrons. The van der Waals surface area contributed by atoms with Crippen LogP contribution in [0.15, 0.2) is 36.4 Å². The van der Waals surface area contributed by atoms with Crippen LogP contribution in [0.5, 0.6) is 5.75 Å². The molecule has 0 amide bonds. The first kappa shape index (κ1) is 9.99. The van der Waals surface area contributed by atoms with Crippen molar-refractivity contribution in [2.45, 2.75) is 0 Å². The Balaban J connectivity index is 2.58. The lowest BCUT2D eigenvalue weighted by molar-refractivity contribution is 0.355. The minimum Gasteiger partial charge on any atom is -0.384 e. The van der Waals surface area contributed by atoms with Crippen LogP contribution in [0.2, 0.25) is 0 Å². The monoisotopic (exact) mass is 210 g/mol. The number of hydrogen-bond donors (Lipinski definition) is 1. The predicted molar refractivity (Wildman–Crippen MR) is 58.9 cm³/mol. The molecule has 2 rings (SSSR count). The Kier molecular flexibility index (Phi) is 2.44. The normalized spacial score (nSPS) is 9.69. The maximum atomic E-state index is 11.6. The van der Waals surface area contributed by atoms with Crippen molar-refractivity contribution < 1.29 is 5.11 Å². The minimum absolute atomic E-state index is 0.204. The van der Waals surface area contributed by atoms with Crippen LogP contribution in [-0.2, 0) is 5.11 Å². The number of aromatic nitrogens is 1. The SMILES string of the molecule is N#Cc1cccc(-c2nc(N)ccc2[O])c1. The van der Waals surface area contributed by atoms with Crippen molar-refractivity contribution in [1.82, 2.24) is 4.98 Å². The summed E-state index contributed by atoms with van der Waals surface area (Å²) in [6, 6.07) is 11.6. The van der Waals surface area contributed by atoms with Crippen molar-refractivity contribution >= 4 is 5.82 Å². The molecular formula is C12H8N3O. The standard InChI is InChI=1S/C12H8N3O/c13-7-8-2-1-3-9(6-8)12-10(16)4-5-11(14)15-12/h1-6H,(H2,14,15). The molecule has 1 aromatic carbocycles. The van der Waals surface area contributed by atoms with Gasteiger partial charge < -0.3 is 5.73 Å². The average molecular weight is 210 g/mol. The number of pyridine rings is 1. The van der Waals surface area contributed by atoms with Gasteiger partial charge in [0.2, 0.25) is 5.75 Å². The summed E-state index contributed by atoms with van der Waals surface area (Å²) in [7, 11) is 0. The van der Waals surface area contributed by atoms with E-state index in [-0.39, 0.29) is 17.3 Å². The first-order valence-electron chi connectivity index (χ1n) is 4.65. The molecule has 2 N–H and O–H groups in total. The van der Waals surface area contributed by atoms with E-state index in [1.54, 1.807) is 24.3 Å². The Morgan fingerprint density at radius 3 is 2.81 bits per heavy atom. The van der Waals surface area contributed by atoms with Crippen molar-refractivity contribution in [2.75, 3.05) is 5.73 Å². The van der Waals surface area contributed by atoms with Gasteiger partial charge in [-0.3, -0.25) is 5.11 Å². The smallest absolute Gasteiger partial charge is 0.204 e. The van der Waals surface area contributed by atoms with Gasteiger partial charge >= 0.3 is 0 Å². The van der Waals surface area contributed by atoms with Crippen molar-refractivity contribution in [3.63, 3.8) is 0 Å². The molecule has 2 aromatic rings. The van der Waals surface area contributed by atoms with Crippen LogP contribution in [0.1, 0.15) is 5.56 Å². The maximum Gasteiger partial charge on any atom is 0.204 e. The van der Waals surface area contributed by atoms with Gasteiger partial charge in [-0.1, -0.05) is 12.1 Å². The molecular weight excluding hydrogens is 202 g/mol. The van der Waals surface area contributed by atoms with Crippen LogP contribution >= 0.6 is 0 Å². The highest BCUT2D eigenvalue weighted by molar-refractivity contribution is 5.68. The van der Waals surface area contributed by atoms with Gasteiger partial charge in [0.25, 0.3) is 0 Å². The molecule has 0 spiro atoms. The van der Waals surface area contributed by atoms with E-state index in [1.807, 2.05) is 6.07 Å². The Bertz CT molecular complexity index is 573. The molecule has 1 heterocycles. The van der Waals surface area contributed by atoms with E-state index in [2.05, 4.69) is 4.98 Å². The Morgan fingerprint density at radius 1 is 1.25 bits per heavy atom. The number of nitrogens with zero attached hydrogens (tertiary/aromatic N) is 2. The number of nitrogens with two attached hydrogens (primary N) is 1. The van der Waals surface area contributed by atoms with E-state index in [1.165, 1.54) is 12.1 Å². The second kappa shape index (κ2) is 3.91. The van der Waals surface area contributed by atoms with Crippen molar-refractivity contribution in [1.29, 1.82) is 5.26 Å². The maximum absolute atomic E-state index is 11.6. The van der Waals surface area contributed by atoms with Crippen molar-refractivity contribution in [3.05, 3.63) is 42.0 Å². The molecule has 0 saturated heterocycles. The molecule has 1 radical (unpaired) electrons. The summed E-state index contributed by atoms with van der Waals surface area (Å²) in [4.78, 5) is 3.97. The van der Waals surface area contributed by atoms with Crippen molar-refractivity contribution in [3.8, 4) is 23.1 Å². The van der Waals surface area contributed by atoms with Gasteiger partial charge in [0.15, 0.2) is 0 Å². The molecule has 0 aliphatic heterocycles. The van der Waals surface area contributed by atoms with E-state index in [0.29, 0.717) is 11.1 Å². The lowest BCUT2D eigenvalue weighted by Crippen LogP contribution is -1.92. The number of benzene rings is 1. The quantitative estimate of drug-likeness (QED) is 0.784. The number of nitriles is 1. The summed E-state index contributed by atoms with van der Waals surface area (Å²) < 4.78 is 0. The molecule has 0 unspecified atom stereocenters. The highest BCUT2D eigenvalue weighted by Crippen LogP contribution is 2.28. The summed E-state index contributed by atoms with van der Waals surface area (Å²) >= 11 is 0. The third-order valence-corrected chi connectivity index (χ3v) is 2.14. The summed E-state index contributed by atoms with van der Waals surface area (Å²) in [6.45, 7) is 0. The molecule has 16 heavy (non-hydrogen) atoms. The average Bonchev–Trinajstić information content (AvgIpc) is 2.32. The zero-order valence-electron chi connectivity index (χ0n) is 8.34. The van der Waals surface area contributed by atoms with Crippen LogP contribution in [0.3, 0.4) is 0 Å². The van der Waals surface area contributed by atoms with Crippen molar-refractivity contribution in [2.24, 2.45) is 0 Å². The van der Waals surface area contributed by atoms with E-state index in [0.717, 1.165) is 0 Å². The van der Waals surface area contributed by atoms with Crippen LogP contribution in [-0.4, -0.2) is 4.98 Å². The van der Waals surface area contributed by atoms with E-state index in [9.17, 15) is 5.11 Å². The number of rotatable bonds is 1. The lowest BCUT2D eigenvalue weighted by atomic mass is 10.1. The Labute approximate surface area is 92.6 Å². The van der Waals surface area contributed by atoms with E-state index in [4.69, 9.17) is 11.0 Å². The number of anilines is 1. The highest BCUT2D eigenvalue weighted by Gasteiger charge is 2.08. The third-order valence-electron chi connectivity index (χ3n) is 2.14. The second-order valence-electron chi connectivity index (χ2n) is 3.28. The van der Waals surface area contributed by atoms with Crippen LogP contribution in [0.4, 0.5) is 5.82 Å². The van der Waals surface area contributed by atoms with Gasteiger partial charge in [0.1, 0.15) is 11.5 Å². The fraction of sp³-hybridized carbons (Fsp3) is 0. The largest absolute Gasteiger partial charge is 0.384 e. The number of nitrogen functional groups attached to an aromatic ring is 1. The first-order chi connectivity index (χ1) is 7.70. The Morgan fingerprint density at radius 2 is 2.06 bits per heavy atom. The molecule has 0 bridgehead atoms. The summed E-state index contributed by atoms with van der Waals surface area (Å²) in [6.07, 6.45) is 0. The third kappa shape index (κ3) is 1.79. The van der Waals surface area contributed by atoms with Crippen LogP contribution in [0, 0.1) is 11.3 Å². The lowest BCUT2D eigenvalue weighted by Gasteiger charge is -2.03. The van der Waals surface area contributed by atoms with Gasteiger partial charge in [0.05, 0.1) is 11.6 Å². The first-order valence-corrected chi connectivity index (χ1v) is 4.65. The fourth-order valence-corrected chi connectivity index (χ4v) is 1.40. The molecule has 0 atom stereocenters. The Hall–Kier alpha value is -2.54. The zero-order chi connectivity index (χ0) is 11.5. The van der Waals surface area contributed by atoms with E-state index >= 15 is 0 Å². The summed E-state index contributed by atoms with van der Waals surface area (Å²) in [5.41, 5.74) is 6.89. The molecule has 0 aliphatic rings. The van der Waals surface area contributed by atoms with Gasteiger partial charge in [0, 0.05) is 5.56 Å². The molecule has 4 nitrogen and oxygen atoms in total. The zero-order valence-corrected chi connectivity index (χ0v) is 8.34. The summed E-state index contributed by atoms with van der Waals surface area (Å²) in [5, 5.41) is 20.3. The number of hydrogen-bond acceptors (Lipinski definition) is 3.